The predicted molar refractivity (Wildman–Crippen MR) is 281 cm³/mol. The van der Waals surface area contributed by atoms with Gasteiger partial charge in [-0.05, 0) is 38.5 Å². The van der Waals surface area contributed by atoms with Crippen molar-refractivity contribution in [3.05, 3.63) is 38.0 Å². The maximum Gasteiger partial charge on any atom is 0.167 e. The first-order valence-corrected chi connectivity index (χ1v) is 27.4. The minimum absolute atomic E-state index is 0.284. The first-order chi connectivity index (χ1) is 38.2. The Labute approximate surface area is 450 Å². The molecule has 6 aromatic rings. The topological polar surface area (TPSA) is 344 Å². The van der Waals surface area contributed by atoms with Crippen LogP contribution in [0.3, 0.4) is 0 Å². The van der Waals surface area contributed by atoms with E-state index in [4.69, 9.17) is 28.4 Å². The number of hydrogen-bond donors (Lipinski definition) is 9. The molecule has 27 heteroatoms. The fourth-order valence-corrected chi connectivity index (χ4v) is 11.8. The first kappa shape index (κ1) is 55.9. The summed E-state index contributed by atoms with van der Waals surface area (Å²) in [6, 6.07) is 1.21. The van der Waals surface area contributed by atoms with Gasteiger partial charge in [0.1, 0.15) is 73.9 Å². The van der Waals surface area contributed by atoms with E-state index >= 15 is 0 Å². The summed E-state index contributed by atoms with van der Waals surface area (Å²) in [6.07, 6.45) is 18.8. The van der Waals surface area contributed by atoms with Crippen molar-refractivity contribution in [1.29, 1.82) is 0 Å². The van der Waals surface area contributed by atoms with Crippen LogP contribution in [0.5, 0.6) is 0 Å². The number of rotatable bonds is 15. The monoisotopic (exact) mass is 1090 g/mol. The molecule has 6 aromatic heterocycles. The van der Waals surface area contributed by atoms with Crippen molar-refractivity contribution in [2.75, 3.05) is 57.1 Å². The van der Waals surface area contributed by atoms with E-state index in [9.17, 15) is 30.6 Å². The number of methoxy groups -OCH3 is 3. The standard InChI is InChI=1S/3C17H25N5O4/c3*1-25-14-13(24)11(7-23)26-17(14)22-9-20-12-15(18-8-19-16(12)22)21-10-5-3-2-4-6-10/h3*8-11,13-14,17,23-24H,2-7H2,1H3,(H,18,19,21)/t3*11-,13-,14-,17-/m111/s1. The van der Waals surface area contributed by atoms with Gasteiger partial charge in [0.05, 0.1) is 38.8 Å². The fraction of sp³-hybridized carbons (Fsp3) is 0.706. The van der Waals surface area contributed by atoms with Crippen LogP contribution in [0.4, 0.5) is 17.5 Å². The zero-order chi connectivity index (χ0) is 54.3. The molecule has 0 spiro atoms. The molecule has 0 radical (unpaired) electrons. The second-order valence-corrected chi connectivity index (χ2v) is 20.9. The van der Waals surface area contributed by atoms with Gasteiger partial charge < -0.3 is 75.0 Å². The third-order valence-corrected chi connectivity index (χ3v) is 16.0. The van der Waals surface area contributed by atoms with E-state index in [0.29, 0.717) is 69.1 Å². The van der Waals surface area contributed by atoms with Crippen molar-refractivity contribution in [2.45, 2.75) is 188 Å². The summed E-state index contributed by atoms with van der Waals surface area (Å²) in [5, 5.41) is 69.5. The van der Waals surface area contributed by atoms with Crippen LogP contribution >= 0.6 is 0 Å². The van der Waals surface area contributed by atoms with Gasteiger partial charge in [0.25, 0.3) is 0 Å². The average molecular weight is 1090 g/mol. The molecule has 12 rings (SSSR count). The van der Waals surface area contributed by atoms with Gasteiger partial charge in [-0.1, -0.05) is 57.8 Å². The molecule has 3 saturated carbocycles. The van der Waals surface area contributed by atoms with Crippen molar-refractivity contribution in [3.63, 3.8) is 0 Å². The van der Waals surface area contributed by atoms with Crippen LogP contribution in [0.1, 0.15) is 115 Å². The summed E-state index contributed by atoms with van der Waals surface area (Å²) >= 11 is 0. The van der Waals surface area contributed by atoms with Crippen LogP contribution in [0.25, 0.3) is 33.5 Å². The highest BCUT2D eigenvalue weighted by Crippen LogP contribution is 2.38. The maximum atomic E-state index is 10.3. The molecule has 0 aromatic carbocycles. The Kier molecular flexibility index (Phi) is 18.5. The number of nitrogens with zero attached hydrogens (tertiary/aromatic N) is 12. The third kappa shape index (κ3) is 11.6. The van der Waals surface area contributed by atoms with Gasteiger partial charge in [0.15, 0.2) is 69.6 Å². The minimum Gasteiger partial charge on any atom is -0.394 e. The molecule has 9 heterocycles. The normalized spacial score (nSPS) is 30.1. The second kappa shape index (κ2) is 25.8. The molecule has 3 saturated heterocycles. The van der Waals surface area contributed by atoms with E-state index in [-0.39, 0.29) is 19.8 Å². The van der Waals surface area contributed by atoms with Crippen LogP contribution in [-0.2, 0) is 28.4 Å². The zero-order valence-electron chi connectivity index (χ0n) is 44.4. The largest absolute Gasteiger partial charge is 0.394 e. The third-order valence-electron chi connectivity index (χ3n) is 16.0. The van der Waals surface area contributed by atoms with Crippen molar-refractivity contribution in [2.24, 2.45) is 0 Å². The number of fused-ring (bicyclic) bond motifs is 3. The lowest BCUT2D eigenvalue weighted by Crippen LogP contribution is -2.34. The molecule has 0 unspecified atom stereocenters. The summed E-state index contributed by atoms with van der Waals surface area (Å²) in [4.78, 5) is 39.6. The number of aromatic nitrogens is 12. The number of aliphatic hydroxyl groups excluding tert-OH is 6. The summed E-state index contributed by atoms with van der Waals surface area (Å²) in [5.41, 5.74) is 3.82. The number of aliphatic hydroxyl groups is 6. The molecular formula is C51H75N15O12. The minimum atomic E-state index is -0.922. The van der Waals surface area contributed by atoms with Crippen molar-refractivity contribution < 1.29 is 59.1 Å². The fourth-order valence-electron chi connectivity index (χ4n) is 11.8. The van der Waals surface area contributed by atoms with Crippen molar-refractivity contribution >= 4 is 50.9 Å². The molecule has 3 aliphatic carbocycles. The number of hydrogen-bond acceptors (Lipinski definition) is 24. The van der Waals surface area contributed by atoms with Gasteiger partial charge in [0.2, 0.25) is 0 Å². The van der Waals surface area contributed by atoms with Gasteiger partial charge in [-0.3, -0.25) is 13.7 Å². The SMILES string of the molecule is CO[C@@H]1[C@H](O)[C@@H](CO)O[C@H]1n1cnc2c(NC3CCCCC3)ncnc21.CO[C@@H]1[C@H](O)[C@@H](CO)O[C@H]1n1cnc2c(NC3CCCCC3)ncnc21.CO[C@@H]1[C@H](O)[C@@H](CO)O[C@H]1n1cnc2c(NC3CCCCC3)ncnc21. The summed E-state index contributed by atoms with van der Waals surface area (Å²) in [7, 11) is 4.52. The maximum absolute atomic E-state index is 10.3. The van der Waals surface area contributed by atoms with E-state index in [2.05, 4.69) is 60.8 Å². The van der Waals surface area contributed by atoms with Crippen LogP contribution < -0.4 is 16.0 Å². The molecule has 6 aliphatic rings. The van der Waals surface area contributed by atoms with Crippen molar-refractivity contribution in [3.8, 4) is 0 Å². The second-order valence-electron chi connectivity index (χ2n) is 20.9. The molecule has 0 bridgehead atoms. The van der Waals surface area contributed by atoms with Crippen LogP contribution in [-0.4, -0.2) is 203 Å². The van der Waals surface area contributed by atoms with E-state index in [0.717, 1.165) is 38.5 Å². The van der Waals surface area contributed by atoms with Gasteiger partial charge in [-0.15, -0.1) is 0 Å². The lowest BCUT2D eigenvalue weighted by atomic mass is 9.95. The smallest absolute Gasteiger partial charge is 0.167 e. The Hall–Kier alpha value is -5.43. The number of anilines is 3. The zero-order valence-corrected chi connectivity index (χ0v) is 44.4. The lowest BCUT2D eigenvalue weighted by Gasteiger charge is -2.23. The molecule has 12 atom stereocenters. The Bertz CT molecular complexity index is 2540. The Balaban J connectivity index is 0.000000132. The van der Waals surface area contributed by atoms with Crippen molar-refractivity contribution in [1.82, 2.24) is 58.6 Å². The molecule has 426 valence electrons. The molecular weight excluding hydrogens is 1010 g/mol. The quantitative estimate of drug-likeness (QED) is 0.0713. The summed E-state index contributed by atoms with van der Waals surface area (Å²) < 4.78 is 38.8. The van der Waals surface area contributed by atoms with Gasteiger partial charge in [-0.25, -0.2) is 44.9 Å². The summed E-state index contributed by atoms with van der Waals surface area (Å²) in [5.74, 6) is 2.14. The van der Waals surface area contributed by atoms with E-state index < -0.39 is 73.6 Å². The van der Waals surface area contributed by atoms with Crippen LogP contribution in [0.2, 0.25) is 0 Å². The number of ether oxygens (including phenoxy) is 6. The highest BCUT2D eigenvalue weighted by molar-refractivity contribution is 5.84. The number of nitrogens with one attached hydrogen (secondary N) is 3. The lowest BCUT2D eigenvalue weighted by molar-refractivity contribution is -0.0583. The Morgan fingerprint density at radius 2 is 0.692 bits per heavy atom. The van der Waals surface area contributed by atoms with Gasteiger partial charge in [0, 0.05) is 39.5 Å². The van der Waals surface area contributed by atoms with E-state index in [1.807, 2.05) is 0 Å². The van der Waals surface area contributed by atoms with Crippen LogP contribution in [0.15, 0.2) is 38.0 Å². The highest BCUT2D eigenvalue weighted by Gasteiger charge is 2.48. The molecule has 27 nitrogen and oxygen atoms in total. The molecule has 0 amide bonds. The Morgan fingerprint density at radius 3 is 0.936 bits per heavy atom. The molecule has 78 heavy (non-hydrogen) atoms. The number of imidazole rings is 3. The molecule has 3 aliphatic heterocycles. The first-order valence-electron chi connectivity index (χ1n) is 27.4. The Morgan fingerprint density at radius 1 is 0.423 bits per heavy atom. The van der Waals surface area contributed by atoms with Gasteiger partial charge >= 0.3 is 0 Å². The van der Waals surface area contributed by atoms with Gasteiger partial charge in [-0.2, -0.15) is 0 Å². The molecule has 6 fully saturated rings. The summed E-state index contributed by atoms with van der Waals surface area (Å²) in [6.45, 7) is -0.852. The van der Waals surface area contributed by atoms with E-state index in [1.54, 1.807) is 32.7 Å². The average Bonchev–Trinajstić information content (AvgIpc) is 4.51. The predicted octanol–water partition coefficient (Wildman–Crippen LogP) is 2.51. The molecule has 9 N–H and O–H groups in total. The van der Waals surface area contributed by atoms with Crippen LogP contribution in [0, 0.1) is 0 Å². The highest BCUT2D eigenvalue weighted by atomic mass is 16.6. The van der Waals surface area contributed by atoms with E-state index in [1.165, 1.54) is 98.1 Å².